The monoisotopic (exact) mass is 418 g/mol. The SMILES string of the molecule is CCOc1ccc(C(=O)COC(=O)c2c3c(nc4ccccc24)CCN(CC)C3)cc1. The summed E-state index contributed by atoms with van der Waals surface area (Å²) in [6.07, 6.45) is 0.791. The molecule has 0 atom stereocenters. The molecule has 160 valence electrons. The van der Waals surface area contributed by atoms with Crippen LogP contribution in [0.5, 0.6) is 5.75 Å². The molecule has 1 aliphatic rings. The lowest BCUT2D eigenvalue weighted by atomic mass is 9.96. The third-order valence-electron chi connectivity index (χ3n) is 5.60. The number of carbonyl (C=O) groups excluding carboxylic acids is 2. The molecule has 0 bridgehead atoms. The van der Waals surface area contributed by atoms with Crippen LogP contribution in [0, 0.1) is 0 Å². The van der Waals surface area contributed by atoms with Crippen LogP contribution < -0.4 is 4.74 Å². The first-order chi connectivity index (χ1) is 15.1. The van der Waals surface area contributed by atoms with E-state index in [1.165, 1.54) is 0 Å². The molecule has 4 rings (SSSR count). The normalized spacial score (nSPS) is 13.6. The molecule has 0 saturated heterocycles. The lowest BCUT2D eigenvalue weighted by molar-refractivity contribution is 0.0474. The molecule has 0 N–H and O–H groups in total. The van der Waals surface area contributed by atoms with Crippen LogP contribution in [-0.2, 0) is 17.7 Å². The molecule has 1 aliphatic heterocycles. The van der Waals surface area contributed by atoms with Gasteiger partial charge in [-0.2, -0.15) is 0 Å². The van der Waals surface area contributed by atoms with Crippen molar-refractivity contribution in [2.45, 2.75) is 26.8 Å². The third-order valence-corrected chi connectivity index (χ3v) is 5.60. The van der Waals surface area contributed by atoms with Gasteiger partial charge in [0.2, 0.25) is 0 Å². The summed E-state index contributed by atoms with van der Waals surface area (Å²) in [6, 6.07) is 14.4. The Morgan fingerprint density at radius 2 is 1.84 bits per heavy atom. The van der Waals surface area contributed by atoms with Crippen LogP contribution in [0.3, 0.4) is 0 Å². The quantitative estimate of drug-likeness (QED) is 0.426. The van der Waals surface area contributed by atoms with E-state index >= 15 is 0 Å². The smallest absolute Gasteiger partial charge is 0.339 e. The highest BCUT2D eigenvalue weighted by atomic mass is 16.5. The summed E-state index contributed by atoms with van der Waals surface area (Å²) in [4.78, 5) is 32.8. The predicted molar refractivity (Wildman–Crippen MR) is 119 cm³/mol. The number of nitrogens with zero attached hydrogens (tertiary/aromatic N) is 2. The molecule has 2 heterocycles. The first-order valence-electron chi connectivity index (χ1n) is 10.7. The zero-order chi connectivity index (χ0) is 21.8. The molecular weight excluding hydrogens is 392 g/mol. The van der Waals surface area contributed by atoms with Gasteiger partial charge in [0.05, 0.1) is 17.7 Å². The van der Waals surface area contributed by atoms with E-state index in [0.717, 1.165) is 41.7 Å². The molecule has 31 heavy (non-hydrogen) atoms. The van der Waals surface area contributed by atoms with Crippen LogP contribution in [0.2, 0.25) is 0 Å². The number of carbonyl (C=O) groups is 2. The summed E-state index contributed by atoms with van der Waals surface area (Å²) in [5.41, 5.74) is 3.63. The van der Waals surface area contributed by atoms with Gasteiger partial charge in [0.25, 0.3) is 0 Å². The number of para-hydroxylation sites is 1. The van der Waals surface area contributed by atoms with E-state index in [0.29, 0.717) is 30.0 Å². The Bertz CT molecular complexity index is 1110. The summed E-state index contributed by atoms with van der Waals surface area (Å²) >= 11 is 0. The minimum absolute atomic E-state index is 0.251. The summed E-state index contributed by atoms with van der Waals surface area (Å²) in [6.45, 7) is 6.73. The third kappa shape index (κ3) is 4.44. The van der Waals surface area contributed by atoms with E-state index in [2.05, 4.69) is 11.8 Å². The largest absolute Gasteiger partial charge is 0.494 e. The van der Waals surface area contributed by atoms with Crippen LogP contribution in [0.25, 0.3) is 10.9 Å². The molecule has 0 aliphatic carbocycles. The molecule has 1 aromatic heterocycles. The van der Waals surface area contributed by atoms with Gasteiger partial charge in [-0.1, -0.05) is 25.1 Å². The summed E-state index contributed by atoms with van der Waals surface area (Å²) in [7, 11) is 0. The molecule has 6 nitrogen and oxygen atoms in total. The zero-order valence-corrected chi connectivity index (χ0v) is 17.9. The summed E-state index contributed by atoms with van der Waals surface area (Å²) in [5.74, 6) is -0.0303. The van der Waals surface area contributed by atoms with Crippen LogP contribution in [-0.4, -0.2) is 47.9 Å². The molecule has 2 aromatic carbocycles. The lowest BCUT2D eigenvalue weighted by Crippen LogP contribution is -2.32. The van der Waals surface area contributed by atoms with E-state index in [-0.39, 0.29) is 12.4 Å². The van der Waals surface area contributed by atoms with Gasteiger partial charge in [-0.3, -0.25) is 14.7 Å². The van der Waals surface area contributed by atoms with Crippen LogP contribution in [0.4, 0.5) is 0 Å². The molecular formula is C25H26N2O4. The number of ether oxygens (including phenoxy) is 2. The van der Waals surface area contributed by atoms with Crippen molar-refractivity contribution in [3.63, 3.8) is 0 Å². The van der Waals surface area contributed by atoms with Gasteiger partial charge < -0.3 is 9.47 Å². The van der Waals surface area contributed by atoms with Crippen molar-refractivity contribution in [3.05, 3.63) is 70.9 Å². The number of pyridine rings is 1. The minimum Gasteiger partial charge on any atom is -0.494 e. The van der Waals surface area contributed by atoms with E-state index < -0.39 is 5.97 Å². The summed E-state index contributed by atoms with van der Waals surface area (Å²) < 4.78 is 10.9. The molecule has 0 radical (unpaired) electrons. The Labute approximate surface area is 181 Å². The van der Waals surface area contributed by atoms with E-state index in [1.54, 1.807) is 24.3 Å². The number of ketones is 1. The Kier molecular flexibility index (Phi) is 6.28. The van der Waals surface area contributed by atoms with Gasteiger partial charge in [-0.15, -0.1) is 0 Å². The fraction of sp³-hybridized carbons (Fsp3) is 0.320. The van der Waals surface area contributed by atoms with E-state index in [9.17, 15) is 9.59 Å². The number of likely N-dealkylation sites (N-methyl/N-ethyl adjacent to an activating group) is 1. The van der Waals surface area contributed by atoms with Crippen LogP contribution in [0.1, 0.15) is 45.8 Å². The Balaban J connectivity index is 1.58. The Morgan fingerprint density at radius 1 is 1.06 bits per heavy atom. The molecule has 0 unspecified atom stereocenters. The lowest BCUT2D eigenvalue weighted by Gasteiger charge is -2.28. The minimum atomic E-state index is -0.480. The number of fused-ring (bicyclic) bond motifs is 2. The highest BCUT2D eigenvalue weighted by Crippen LogP contribution is 2.28. The fourth-order valence-corrected chi connectivity index (χ4v) is 3.94. The zero-order valence-electron chi connectivity index (χ0n) is 17.9. The molecule has 6 heteroatoms. The first-order valence-corrected chi connectivity index (χ1v) is 10.7. The second-order valence-corrected chi connectivity index (χ2v) is 7.50. The molecule has 3 aromatic rings. The number of hydrogen-bond donors (Lipinski definition) is 0. The van der Waals surface area contributed by atoms with E-state index in [4.69, 9.17) is 14.5 Å². The van der Waals surface area contributed by atoms with Gasteiger partial charge in [-0.25, -0.2) is 4.79 Å². The van der Waals surface area contributed by atoms with Crippen molar-refractivity contribution in [1.29, 1.82) is 0 Å². The average molecular weight is 418 g/mol. The fourth-order valence-electron chi connectivity index (χ4n) is 3.94. The van der Waals surface area contributed by atoms with Crippen molar-refractivity contribution >= 4 is 22.7 Å². The molecule has 0 amide bonds. The Hall–Kier alpha value is -3.25. The second-order valence-electron chi connectivity index (χ2n) is 7.50. The first kappa shape index (κ1) is 21.0. The van der Waals surface area contributed by atoms with Gasteiger partial charge in [-0.05, 0) is 43.8 Å². The van der Waals surface area contributed by atoms with Gasteiger partial charge >= 0.3 is 5.97 Å². The highest BCUT2D eigenvalue weighted by molar-refractivity contribution is 6.06. The second kappa shape index (κ2) is 9.27. The number of aromatic nitrogens is 1. The maximum absolute atomic E-state index is 13.2. The highest BCUT2D eigenvalue weighted by Gasteiger charge is 2.26. The Morgan fingerprint density at radius 3 is 2.58 bits per heavy atom. The maximum atomic E-state index is 13.2. The number of hydrogen-bond acceptors (Lipinski definition) is 6. The van der Waals surface area contributed by atoms with Crippen LogP contribution >= 0.6 is 0 Å². The standard InChI is InChI=1S/C25H26N2O4/c1-3-27-14-13-22-20(15-27)24(19-7-5-6-8-21(19)26-22)25(29)31-16-23(28)17-9-11-18(12-10-17)30-4-2/h5-12H,3-4,13-16H2,1-2H3. The van der Waals surface area contributed by atoms with Crippen molar-refractivity contribution in [2.75, 3.05) is 26.3 Å². The topological polar surface area (TPSA) is 68.7 Å². The van der Waals surface area contributed by atoms with Crippen molar-refractivity contribution in [1.82, 2.24) is 9.88 Å². The average Bonchev–Trinajstić information content (AvgIpc) is 2.81. The maximum Gasteiger partial charge on any atom is 0.339 e. The molecule has 0 fully saturated rings. The molecule has 0 spiro atoms. The summed E-state index contributed by atoms with van der Waals surface area (Å²) in [5, 5.41) is 0.762. The number of rotatable bonds is 7. The van der Waals surface area contributed by atoms with E-state index in [1.807, 2.05) is 31.2 Å². The van der Waals surface area contributed by atoms with Crippen molar-refractivity contribution in [2.24, 2.45) is 0 Å². The van der Waals surface area contributed by atoms with Gasteiger partial charge in [0.1, 0.15) is 5.75 Å². The van der Waals surface area contributed by atoms with Crippen LogP contribution in [0.15, 0.2) is 48.5 Å². The van der Waals surface area contributed by atoms with Crippen molar-refractivity contribution < 1.29 is 19.1 Å². The predicted octanol–water partition coefficient (Wildman–Crippen LogP) is 4.05. The number of benzene rings is 2. The molecule has 0 saturated carbocycles. The van der Waals surface area contributed by atoms with Crippen molar-refractivity contribution in [3.8, 4) is 5.75 Å². The van der Waals surface area contributed by atoms with Gasteiger partial charge in [0, 0.05) is 41.7 Å². The number of Topliss-reactive ketones (excluding diaryl/α,β-unsaturated/α-hetero) is 1. The van der Waals surface area contributed by atoms with Gasteiger partial charge in [0.15, 0.2) is 12.4 Å². The number of esters is 1.